The summed E-state index contributed by atoms with van der Waals surface area (Å²) in [7, 11) is 1.29. The summed E-state index contributed by atoms with van der Waals surface area (Å²) in [6.07, 6.45) is -4.35. The summed E-state index contributed by atoms with van der Waals surface area (Å²) >= 11 is 0. The second-order valence-electron chi connectivity index (χ2n) is 3.67. The molecule has 1 atom stereocenters. The summed E-state index contributed by atoms with van der Waals surface area (Å²) in [6, 6.07) is 0. The van der Waals surface area contributed by atoms with E-state index in [2.05, 4.69) is 4.74 Å². The predicted molar refractivity (Wildman–Crippen MR) is 47.2 cm³/mol. The van der Waals surface area contributed by atoms with Crippen LogP contribution in [0, 0.1) is 5.92 Å². The van der Waals surface area contributed by atoms with E-state index in [1.165, 1.54) is 7.11 Å². The summed E-state index contributed by atoms with van der Waals surface area (Å²) in [5.74, 6) is -0.590. The number of halogens is 3. The third kappa shape index (κ3) is 4.07. The van der Waals surface area contributed by atoms with Gasteiger partial charge in [0.25, 0.3) is 0 Å². The summed E-state index contributed by atoms with van der Waals surface area (Å²) in [6.45, 7) is 0.885. The Kier molecular flexibility index (Phi) is 3.96. The van der Waals surface area contributed by atoms with Crippen LogP contribution in [0.3, 0.4) is 0 Å². The number of nitrogens with zero attached hydrogens (tertiary/aromatic N) is 1. The lowest BCUT2D eigenvalue weighted by atomic mass is 10.1. The first-order valence-corrected chi connectivity index (χ1v) is 4.79. The van der Waals surface area contributed by atoms with Crippen LogP contribution >= 0.6 is 0 Å². The molecule has 0 spiro atoms. The normalized spacial score (nSPS) is 23.1. The lowest BCUT2D eigenvalue weighted by Gasteiger charge is -2.16. The van der Waals surface area contributed by atoms with E-state index in [4.69, 9.17) is 0 Å². The van der Waals surface area contributed by atoms with Crippen LogP contribution in [0.25, 0.3) is 0 Å². The number of rotatable bonds is 3. The highest BCUT2D eigenvalue weighted by molar-refractivity contribution is 5.72. The van der Waals surface area contributed by atoms with Crippen molar-refractivity contribution in [2.24, 2.45) is 5.92 Å². The first-order chi connectivity index (χ1) is 6.92. The Hall–Kier alpha value is -0.780. The molecular weight excluding hydrogens is 211 g/mol. The number of hydrogen-bond donors (Lipinski definition) is 0. The zero-order chi connectivity index (χ0) is 11.5. The van der Waals surface area contributed by atoms with E-state index in [-0.39, 0.29) is 18.4 Å². The van der Waals surface area contributed by atoms with Gasteiger partial charge in [0.1, 0.15) is 0 Å². The van der Waals surface area contributed by atoms with Gasteiger partial charge in [-0.3, -0.25) is 4.79 Å². The zero-order valence-electron chi connectivity index (χ0n) is 8.51. The molecule has 1 fully saturated rings. The maximum absolute atomic E-state index is 11.9. The summed E-state index contributed by atoms with van der Waals surface area (Å²) in [5.41, 5.74) is 0. The number of hydrogen-bond acceptors (Lipinski definition) is 3. The minimum Gasteiger partial charge on any atom is -0.469 e. The summed E-state index contributed by atoms with van der Waals surface area (Å²) in [5, 5.41) is 0. The minimum absolute atomic E-state index is 0.0308. The minimum atomic E-state index is -4.12. The van der Waals surface area contributed by atoms with E-state index >= 15 is 0 Å². The van der Waals surface area contributed by atoms with Crippen LogP contribution in [0.15, 0.2) is 0 Å². The average molecular weight is 225 g/mol. The van der Waals surface area contributed by atoms with Crippen LogP contribution in [-0.4, -0.2) is 43.8 Å². The first kappa shape index (κ1) is 12.3. The Morgan fingerprint density at radius 3 is 2.73 bits per heavy atom. The molecule has 88 valence electrons. The van der Waals surface area contributed by atoms with Gasteiger partial charge in [-0.2, -0.15) is 13.2 Å². The molecule has 15 heavy (non-hydrogen) atoms. The number of esters is 1. The van der Waals surface area contributed by atoms with Gasteiger partial charge < -0.3 is 9.64 Å². The quantitative estimate of drug-likeness (QED) is 0.680. The third-order valence-corrected chi connectivity index (χ3v) is 2.52. The SMILES string of the molecule is COC(=O)C1CCN(CCC(F)(F)F)C1. The average Bonchev–Trinajstić information content (AvgIpc) is 2.61. The molecular formula is C9H14F3NO2. The monoisotopic (exact) mass is 225 g/mol. The highest BCUT2D eigenvalue weighted by atomic mass is 19.4. The lowest BCUT2D eigenvalue weighted by molar-refractivity contribution is -0.145. The molecule has 0 aromatic heterocycles. The van der Waals surface area contributed by atoms with Gasteiger partial charge in [0.15, 0.2) is 0 Å². The topological polar surface area (TPSA) is 29.5 Å². The fourth-order valence-corrected chi connectivity index (χ4v) is 1.68. The number of likely N-dealkylation sites (tertiary alicyclic amines) is 1. The van der Waals surface area contributed by atoms with Crippen molar-refractivity contribution in [1.82, 2.24) is 4.90 Å². The molecule has 0 bridgehead atoms. The van der Waals surface area contributed by atoms with Crippen LogP contribution in [-0.2, 0) is 9.53 Å². The molecule has 0 radical (unpaired) electrons. The standard InChI is InChI=1S/C9H14F3NO2/c1-15-8(14)7-2-4-13(6-7)5-3-9(10,11)12/h7H,2-6H2,1H3. The van der Waals surface area contributed by atoms with E-state index in [1.807, 2.05) is 0 Å². The van der Waals surface area contributed by atoms with Gasteiger partial charge in [-0.1, -0.05) is 0 Å². The molecule has 0 amide bonds. The van der Waals surface area contributed by atoms with Crippen LogP contribution in [0.4, 0.5) is 13.2 Å². The first-order valence-electron chi connectivity index (χ1n) is 4.79. The Labute approximate surface area is 86.2 Å². The maximum Gasteiger partial charge on any atom is 0.390 e. The molecule has 0 aliphatic carbocycles. The van der Waals surface area contributed by atoms with Crippen molar-refractivity contribution in [2.45, 2.75) is 19.0 Å². The van der Waals surface area contributed by atoms with Gasteiger partial charge in [-0.05, 0) is 13.0 Å². The van der Waals surface area contributed by atoms with Crippen molar-refractivity contribution >= 4 is 5.97 Å². The van der Waals surface area contributed by atoms with Crippen LogP contribution < -0.4 is 0 Å². The largest absolute Gasteiger partial charge is 0.469 e. The van der Waals surface area contributed by atoms with Gasteiger partial charge >= 0.3 is 12.1 Å². The Morgan fingerprint density at radius 1 is 1.53 bits per heavy atom. The molecule has 1 saturated heterocycles. The van der Waals surface area contributed by atoms with Crippen molar-refractivity contribution in [3.05, 3.63) is 0 Å². The van der Waals surface area contributed by atoms with Crippen molar-refractivity contribution in [3.63, 3.8) is 0 Å². The van der Waals surface area contributed by atoms with Crippen LogP contribution in [0.1, 0.15) is 12.8 Å². The number of carbonyl (C=O) groups is 1. The zero-order valence-corrected chi connectivity index (χ0v) is 8.51. The van der Waals surface area contributed by atoms with E-state index in [9.17, 15) is 18.0 Å². The fourth-order valence-electron chi connectivity index (χ4n) is 1.68. The number of alkyl halides is 3. The van der Waals surface area contributed by atoms with Gasteiger partial charge in [-0.15, -0.1) is 0 Å². The van der Waals surface area contributed by atoms with Gasteiger partial charge in [0.05, 0.1) is 19.4 Å². The second-order valence-corrected chi connectivity index (χ2v) is 3.67. The van der Waals surface area contributed by atoms with Gasteiger partial charge in [0.2, 0.25) is 0 Å². The smallest absolute Gasteiger partial charge is 0.390 e. The molecule has 1 heterocycles. The van der Waals surface area contributed by atoms with Gasteiger partial charge in [0, 0.05) is 13.1 Å². The van der Waals surface area contributed by atoms with E-state index in [0.717, 1.165) is 0 Å². The summed E-state index contributed by atoms with van der Waals surface area (Å²) in [4.78, 5) is 12.7. The van der Waals surface area contributed by atoms with Gasteiger partial charge in [-0.25, -0.2) is 0 Å². The van der Waals surface area contributed by atoms with Crippen LogP contribution in [0.2, 0.25) is 0 Å². The van der Waals surface area contributed by atoms with Crippen molar-refractivity contribution in [1.29, 1.82) is 0 Å². The molecule has 6 heteroatoms. The number of ether oxygens (including phenoxy) is 1. The summed E-state index contributed by atoms with van der Waals surface area (Å²) < 4.78 is 40.3. The van der Waals surface area contributed by atoms with Crippen molar-refractivity contribution in [3.8, 4) is 0 Å². The molecule has 0 saturated carbocycles. The molecule has 0 aromatic carbocycles. The Bertz CT molecular complexity index is 230. The molecule has 1 aliphatic heterocycles. The molecule has 1 aliphatic rings. The highest BCUT2D eigenvalue weighted by Gasteiger charge is 2.32. The van der Waals surface area contributed by atoms with E-state index < -0.39 is 12.6 Å². The predicted octanol–water partition coefficient (Wildman–Crippen LogP) is 1.43. The molecule has 3 nitrogen and oxygen atoms in total. The molecule has 0 aromatic rings. The Morgan fingerprint density at radius 2 is 2.20 bits per heavy atom. The maximum atomic E-state index is 11.9. The highest BCUT2D eigenvalue weighted by Crippen LogP contribution is 2.23. The molecule has 0 N–H and O–H groups in total. The second kappa shape index (κ2) is 4.83. The van der Waals surface area contributed by atoms with Crippen molar-refractivity contribution < 1.29 is 22.7 Å². The van der Waals surface area contributed by atoms with E-state index in [1.54, 1.807) is 4.90 Å². The van der Waals surface area contributed by atoms with Crippen molar-refractivity contribution in [2.75, 3.05) is 26.7 Å². The third-order valence-electron chi connectivity index (χ3n) is 2.52. The Balaban J connectivity index is 2.28. The van der Waals surface area contributed by atoms with Crippen LogP contribution in [0.5, 0.6) is 0 Å². The number of carbonyl (C=O) groups excluding carboxylic acids is 1. The fraction of sp³-hybridized carbons (Fsp3) is 0.889. The lowest BCUT2D eigenvalue weighted by Crippen LogP contribution is -2.27. The van der Waals surface area contributed by atoms with E-state index in [0.29, 0.717) is 19.5 Å². The molecule has 1 rings (SSSR count). The number of methoxy groups -OCH3 is 1. The molecule has 1 unspecified atom stereocenters.